The summed E-state index contributed by atoms with van der Waals surface area (Å²) in [5.74, 6) is -1.06. The molecule has 0 radical (unpaired) electrons. The first-order valence-electron chi connectivity index (χ1n) is 5.66. The summed E-state index contributed by atoms with van der Waals surface area (Å²) in [6.07, 6.45) is 4.90. The highest BCUT2D eigenvalue weighted by Crippen LogP contribution is 2.26. The van der Waals surface area contributed by atoms with Crippen LogP contribution in [0, 0.1) is 0 Å². The zero-order valence-corrected chi connectivity index (χ0v) is 9.67. The molecule has 0 atom stereocenters. The van der Waals surface area contributed by atoms with Crippen LogP contribution in [0.4, 0.5) is 0 Å². The van der Waals surface area contributed by atoms with Gasteiger partial charge in [0.1, 0.15) is 6.54 Å². The van der Waals surface area contributed by atoms with E-state index in [0.717, 1.165) is 12.8 Å². The van der Waals surface area contributed by atoms with Crippen molar-refractivity contribution in [2.24, 2.45) is 0 Å². The van der Waals surface area contributed by atoms with Crippen LogP contribution in [0.15, 0.2) is 12.5 Å². The molecule has 1 aromatic rings. The van der Waals surface area contributed by atoms with Gasteiger partial charge in [0.15, 0.2) is 5.69 Å². The smallest absolute Gasteiger partial charge is 0.356 e. The zero-order chi connectivity index (χ0) is 12.4. The van der Waals surface area contributed by atoms with Gasteiger partial charge >= 0.3 is 5.97 Å². The Morgan fingerprint density at radius 2 is 2.29 bits per heavy atom. The van der Waals surface area contributed by atoms with Crippen molar-refractivity contribution in [2.45, 2.75) is 32.4 Å². The van der Waals surface area contributed by atoms with Gasteiger partial charge in [-0.25, -0.2) is 9.78 Å². The lowest BCUT2D eigenvalue weighted by Crippen LogP contribution is -2.35. The van der Waals surface area contributed by atoms with E-state index in [-0.39, 0.29) is 18.1 Å². The van der Waals surface area contributed by atoms with E-state index < -0.39 is 5.97 Å². The van der Waals surface area contributed by atoms with E-state index >= 15 is 0 Å². The van der Waals surface area contributed by atoms with E-state index in [0.29, 0.717) is 12.6 Å². The molecule has 1 saturated carbocycles. The van der Waals surface area contributed by atoms with Crippen LogP contribution in [-0.4, -0.2) is 44.0 Å². The third-order valence-electron chi connectivity index (χ3n) is 2.82. The van der Waals surface area contributed by atoms with Crippen molar-refractivity contribution in [3.63, 3.8) is 0 Å². The van der Waals surface area contributed by atoms with Gasteiger partial charge in [0.25, 0.3) is 0 Å². The highest BCUT2D eigenvalue weighted by Gasteiger charge is 2.31. The Hall–Kier alpha value is -1.85. The van der Waals surface area contributed by atoms with Gasteiger partial charge in [-0.05, 0) is 19.8 Å². The first-order chi connectivity index (χ1) is 8.11. The van der Waals surface area contributed by atoms with Crippen LogP contribution in [0.25, 0.3) is 0 Å². The summed E-state index contributed by atoms with van der Waals surface area (Å²) in [6.45, 7) is 2.81. The number of carboxylic acids is 1. The number of hydrogen-bond acceptors (Lipinski definition) is 3. The number of nitrogens with zero attached hydrogens (tertiary/aromatic N) is 3. The molecule has 1 aromatic heterocycles. The van der Waals surface area contributed by atoms with Crippen LogP contribution < -0.4 is 0 Å². The SMILES string of the molecule is CCN(C(=O)Cn1cnc(C(=O)O)c1)C1CC1. The number of aromatic carboxylic acids is 1. The Kier molecular flexibility index (Phi) is 3.12. The minimum atomic E-state index is -1.08. The van der Waals surface area contributed by atoms with Gasteiger partial charge in [-0.2, -0.15) is 0 Å². The van der Waals surface area contributed by atoms with E-state index in [9.17, 15) is 9.59 Å². The van der Waals surface area contributed by atoms with Gasteiger partial charge in [0.2, 0.25) is 5.91 Å². The molecule has 0 saturated heterocycles. The maximum atomic E-state index is 11.9. The van der Waals surface area contributed by atoms with Crippen LogP contribution in [0.5, 0.6) is 0 Å². The third kappa shape index (κ3) is 2.64. The van der Waals surface area contributed by atoms with Gasteiger partial charge in [-0.1, -0.05) is 0 Å². The molecule has 1 aliphatic rings. The van der Waals surface area contributed by atoms with Crippen LogP contribution in [0.1, 0.15) is 30.3 Å². The molecular weight excluding hydrogens is 222 g/mol. The fraction of sp³-hybridized carbons (Fsp3) is 0.545. The molecule has 1 aliphatic carbocycles. The van der Waals surface area contributed by atoms with Crippen LogP contribution >= 0.6 is 0 Å². The molecule has 1 heterocycles. The first-order valence-corrected chi connectivity index (χ1v) is 5.66. The summed E-state index contributed by atoms with van der Waals surface area (Å²) in [5, 5.41) is 8.71. The molecular formula is C11H15N3O3. The fourth-order valence-corrected chi connectivity index (χ4v) is 1.83. The molecule has 1 amide bonds. The molecule has 6 heteroatoms. The predicted octanol–water partition coefficient (Wildman–Crippen LogP) is 0.592. The largest absolute Gasteiger partial charge is 0.476 e. The molecule has 17 heavy (non-hydrogen) atoms. The second kappa shape index (κ2) is 4.57. The van der Waals surface area contributed by atoms with Crippen LogP contribution in [-0.2, 0) is 11.3 Å². The normalized spacial score (nSPS) is 14.6. The maximum Gasteiger partial charge on any atom is 0.356 e. The quantitative estimate of drug-likeness (QED) is 0.813. The molecule has 0 spiro atoms. The Balaban J connectivity index is 1.99. The van der Waals surface area contributed by atoms with Gasteiger partial charge in [-0.3, -0.25) is 4.79 Å². The highest BCUT2D eigenvalue weighted by molar-refractivity contribution is 5.85. The van der Waals surface area contributed by atoms with Gasteiger partial charge in [-0.15, -0.1) is 0 Å². The van der Waals surface area contributed by atoms with E-state index in [2.05, 4.69) is 4.98 Å². The lowest BCUT2D eigenvalue weighted by Gasteiger charge is -2.20. The first kappa shape index (κ1) is 11.6. The van der Waals surface area contributed by atoms with E-state index in [1.807, 2.05) is 11.8 Å². The standard InChI is InChI=1S/C11H15N3O3/c1-2-14(8-3-4-8)10(15)6-13-5-9(11(16)17)12-7-13/h5,7-8H,2-4,6H2,1H3,(H,16,17). The van der Waals surface area contributed by atoms with Crippen molar-refractivity contribution < 1.29 is 14.7 Å². The van der Waals surface area contributed by atoms with Gasteiger partial charge < -0.3 is 14.6 Å². The molecule has 0 aromatic carbocycles. The minimum Gasteiger partial charge on any atom is -0.476 e. The predicted molar refractivity (Wildman–Crippen MR) is 59.6 cm³/mol. The summed E-state index contributed by atoms with van der Waals surface area (Å²) < 4.78 is 1.51. The van der Waals surface area contributed by atoms with Gasteiger partial charge in [0, 0.05) is 18.8 Å². The average Bonchev–Trinajstić information content (AvgIpc) is 2.98. The Labute approximate surface area is 98.9 Å². The number of carbonyl (C=O) groups excluding carboxylic acids is 1. The Morgan fingerprint density at radius 1 is 1.59 bits per heavy atom. The lowest BCUT2D eigenvalue weighted by molar-refractivity contribution is -0.132. The monoisotopic (exact) mass is 237 g/mol. The lowest BCUT2D eigenvalue weighted by atomic mass is 10.4. The number of aromatic nitrogens is 2. The molecule has 0 unspecified atom stereocenters. The number of hydrogen-bond donors (Lipinski definition) is 1. The number of carbonyl (C=O) groups is 2. The zero-order valence-electron chi connectivity index (χ0n) is 9.67. The van der Waals surface area contributed by atoms with E-state index in [4.69, 9.17) is 5.11 Å². The van der Waals surface area contributed by atoms with E-state index in [1.165, 1.54) is 17.1 Å². The molecule has 1 fully saturated rings. The number of amides is 1. The van der Waals surface area contributed by atoms with E-state index in [1.54, 1.807) is 0 Å². The topological polar surface area (TPSA) is 75.4 Å². The van der Waals surface area contributed by atoms with Crippen molar-refractivity contribution in [3.05, 3.63) is 18.2 Å². The van der Waals surface area contributed by atoms with Crippen molar-refractivity contribution in [3.8, 4) is 0 Å². The molecule has 92 valence electrons. The summed E-state index contributed by atoms with van der Waals surface area (Å²) in [7, 11) is 0. The number of likely N-dealkylation sites (N-methyl/N-ethyl adjacent to an activating group) is 1. The van der Waals surface area contributed by atoms with Crippen molar-refractivity contribution in [1.82, 2.24) is 14.5 Å². The van der Waals surface area contributed by atoms with Crippen molar-refractivity contribution >= 4 is 11.9 Å². The second-order valence-electron chi connectivity index (χ2n) is 4.15. The summed E-state index contributed by atoms with van der Waals surface area (Å²) >= 11 is 0. The summed E-state index contributed by atoms with van der Waals surface area (Å²) in [4.78, 5) is 28.1. The Bertz CT molecular complexity index is 437. The third-order valence-corrected chi connectivity index (χ3v) is 2.82. The van der Waals surface area contributed by atoms with Crippen molar-refractivity contribution in [1.29, 1.82) is 0 Å². The van der Waals surface area contributed by atoms with Crippen molar-refractivity contribution in [2.75, 3.05) is 6.54 Å². The Morgan fingerprint density at radius 3 is 2.76 bits per heavy atom. The molecule has 1 N–H and O–H groups in total. The second-order valence-corrected chi connectivity index (χ2v) is 4.15. The summed E-state index contributed by atoms with van der Waals surface area (Å²) in [5.41, 5.74) is -0.0349. The molecule has 0 bridgehead atoms. The van der Waals surface area contributed by atoms with Crippen LogP contribution in [0.2, 0.25) is 0 Å². The fourth-order valence-electron chi connectivity index (χ4n) is 1.83. The molecule has 2 rings (SSSR count). The number of imidazole rings is 1. The minimum absolute atomic E-state index is 0.0179. The average molecular weight is 237 g/mol. The van der Waals surface area contributed by atoms with Crippen LogP contribution in [0.3, 0.4) is 0 Å². The molecule has 6 nitrogen and oxygen atoms in total. The summed E-state index contributed by atoms with van der Waals surface area (Å²) in [6, 6.07) is 0.384. The molecule has 0 aliphatic heterocycles. The number of rotatable bonds is 5. The van der Waals surface area contributed by atoms with Gasteiger partial charge in [0.05, 0.1) is 6.33 Å². The number of carboxylic acid groups (broad SMARTS) is 1. The maximum absolute atomic E-state index is 11.9. The highest BCUT2D eigenvalue weighted by atomic mass is 16.4.